The first-order valence-electron chi connectivity index (χ1n) is 4.73. The summed E-state index contributed by atoms with van der Waals surface area (Å²) < 4.78 is 4.69. The maximum Gasteiger partial charge on any atom is 0.335 e. The average Bonchev–Trinajstić information content (AvgIpc) is 2.21. The minimum atomic E-state index is -3.43. The molecule has 7 N–H and O–H groups in total. The van der Waals surface area contributed by atoms with Crippen molar-refractivity contribution in [3.8, 4) is 0 Å². The summed E-state index contributed by atoms with van der Waals surface area (Å²) in [5.41, 5.74) is 3.79. The summed E-state index contributed by atoms with van der Waals surface area (Å²) in [6, 6.07) is 0.168. The number of hydrogen-bond acceptors (Lipinski definition) is 7. The summed E-state index contributed by atoms with van der Waals surface area (Å²) in [5, 5.41) is 28.1. The predicted octanol–water partition coefficient (Wildman–Crippen LogP) is -3.83. The number of nitrogens with two attached hydrogens (primary N) is 1. The fraction of sp³-hybridized carbons (Fsp3) is 1.00. The van der Waals surface area contributed by atoms with Crippen molar-refractivity contribution in [3.63, 3.8) is 0 Å². The van der Waals surface area contributed by atoms with Crippen molar-refractivity contribution in [3.05, 3.63) is 0 Å². The zero-order chi connectivity index (χ0) is 11.6. The molecular weight excluding hydrogens is 238 g/mol. The molecular formula is C6H17NO6Si2. The largest absolute Gasteiger partial charge is 0.428 e. The quantitative estimate of drug-likeness (QED) is 0.284. The second-order valence-corrected chi connectivity index (χ2v) is 12.2. The molecule has 0 amide bonds. The van der Waals surface area contributed by atoms with Crippen LogP contribution in [-0.4, -0.2) is 66.2 Å². The zero-order valence-corrected chi connectivity index (χ0v) is 10.3. The smallest absolute Gasteiger partial charge is 0.335 e. The lowest BCUT2D eigenvalue weighted by atomic mass is 10.4. The molecule has 15 heavy (non-hydrogen) atoms. The van der Waals surface area contributed by atoms with Crippen LogP contribution in [-0.2, 0) is 4.43 Å². The van der Waals surface area contributed by atoms with Gasteiger partial charge in [0.15, 0.2) is 6.29 Å². The van der Waals surface area contributed by atoms with Crippen LogP contribution in [0.1, 0.15) is 6.42 Å². The molecule has 7 nitrogen and oxygen atoms in total. The van der Waals surface area contributed by atoms with Crippen LogP contribution in [0.4, 0.5) is 0 Å². The summed E-state index contributed by atoms with van der Waals surface area (Å²) in [6.07, 6.45) is -2.74. The molecule has 9 heteroatoms. The number of aliphatic hydroxyl groups is 3. The number of rotatable bonds is 3. The highest BCUT2D eigenvalue weighted by Gasteiger charge is 2.58. The standard InChI is InChI=1S/C6H17NO6Si2/c7-2-1-3-15(12)6(10)4(8)5(9)13-14(15)11/h4-6,8-12,14H,1-3,7H2. The predicted molar refractivity (Wildman–Crippen MR) is 54.9 cm³/mol. The molecule has 0 bridgehead atoms. The van der Waals surface area contributed by atoms with Gasteiger partial charge in [0.1, 0.15) is 11.8 Å². The van der Waals surface area contributed by atoms with Gasteiger partial charge in [-0.05, 0) is 19.0 Å². The highest BCUT2D eigenvalue weighted by molar-refractivity contribution is 7.25. The summed E-state index contributed by atoms with van der Waals surface area (Å²) >= 11 is 0. The van der Waals surface area contributed by atoms with Crippen LogP contribution in [0.3, 0.4) is 0 Å². The lowest BCUT2D eigenvalue weighted by Gasteiger charge is -2.41. The van der Waals surface area contributed by atoms with E-state index < -0.39 is 34.8 Å². The monoisotopic (exact) mass is 255 g/mol. The topological polar surface area (TPSA) is 136 Å². The molecule has 0 saturated carbocycles. The second-order valence-electron chi connectivity index (χ2n) is 3.70. The molecule has 1 heterocycles. The van der Waals surface area contributed by atoms with Crippen molar-refractivity contribution < 1.29 is 29.3 Å². The van der Waals surface area contributed by atoms with Crippen molar-refractivity contribution in [2.45, 2.75) is 30.6 Å². The van der Waals surface area contributed by atoms with E-state index in [2.05, 4.69) is 0 Å². The van der Waals surface area contributed by atoms with Crippen LogP contribution in [0, 0.1) is 0 Å². The molecule has 0 radical (unpaired) electrons. The fourth-order valence-corrected chi connectivity index (χ4v) is 8.55. The Balaban J connectivity index is 2.76. The van der Waals surface area contributed by atoms with Gasteiger partial charge in [-0.3, -0.25) is 0 Å². The van der Waals surface area contributed by atoms with Crippen molar-refractivity contribution in [1.82, 2.24) is 0 Å². The molecule has 0 spiro atoms. The first-order chi connectivity index (χ1) is 6.93. The summed E-state index contributed by atoms with van der Waals surface area (Å²) in [6.45, 7) is 0.321. The molecule has 1 fully saturated rings. The zero-order valence-electron chi connectivity index (χ0n) is 8.15. The van der Waals surface area contributed by atoms with Crippen LogP contribution < -0.4 is 5.73 Å². The number of aliphatic hydroxyl groups excluding tert-OH is 3. The Morgan fingerprint density at radius 1 is 1.33 bits per heavy atom. The first kappa shape index (κ1) is 13.2. The van der Waals surface area contributed by atoms with E-state index >= 15 is 0 Å². The third-order valence-electron chi connectivity index (χ3n) is 2.61. The minimum absolute atomic E-state index is 0.168. The van der Waals surface area contributed by atoms with Crippen LogP contribution in [0.25, 0.3) is 0 Å². The van der Waals surface area contributed by atoms with Gasteiger partial charge < -0.3 is 35.1 Å². The molecule has 0 aromatic carbocycles. The van der Waals surface area contributed by atoms with Crippen molar-refractivity contribution in [1.29, 1.82) is 0 Å². The van der Waals surface area contributed by atoms with Gasteiger partial charge in [-0.1, -0.05) is 0 Å². The van der Waals surface area contributed by atoms with Crippen molar-refractivity contribution in [2.24, 2.45) is 5.73 Å². The van der Waals surface area contributed by atoms with Gasteiger partial charge in [-0.25, -0.2) is 0 Å². The van der Waals surface area contributed by atoms with Gasteiger partial charge in [-0.2, -0.15) is 0 Å². The second kappa shape index (κ2) is 4.99. The van der Waals surface area contributed by atoms with E-state index in [0.29, 0.717) is 13.0 Å². The molecule has 1 aliphatic heterocycles. The van der Waals surface area contributed by atoms with E-state index in [1.807, 2.05) is 0 Å². The third kappa shape index (κ3) is 2.46. The molecule has 5 unspecified atom stereocenters. The van der Waals surface area contributed by atoms with Gasteiger partial charge in [0.25, 0.3) is 7.83 Å². The van der Waals surface area contributed by atoms with Crippen LogP contribution in [0.2, 0.25) is 6.04 Å². The Morgan fingerprint density at radius 3 is 2.47 bits per heavy atom. The van der Waals surface area contributed by atoms with E-state index in [1.54, 1.807) is 0 Å². The van der Waals surface area contributed by atoms with Gasteiger partial charge in [0.05, 0.1) is 0 Å². The average molecular weight is 255 g/mol. The van der Waals surface area contributed by atoms with Crippen LogP contribution in [0.5, 0.6) is 0 Å². The van der Waals surface area contributed by atoms with E-state index in [-0.39, 0.29) is 6.04 Å². The minimum Gasteiger partial charge on any atom is -0.428 e. The van der Waals surface area contributed by atoms with Crippen LogP contribution in [0.15, 0.2) is 0 Å². The fourth-order valence-electron chi connectivity index (χ4n) is 1.58. The van der Waals surface area contributed by atoms with E-state index in [9.17, 15) is 19.8 Å². The lowest BCUT2D eigenvalue weighted by Crippen LogP contribution is -2.72. The third-order valence-corrected chi connectivity index (χ3v) is 11.4. The number of hydrogen-bond donors (Lipinski definition) is 6. The Labute approximate surface area is 89.5 Å². The normalized spacial score (nSPS) is 46.8. The highest BCUT2D eigenvalue weighted by atomic mass is 29.3. The molecule has 1 rings (SSSR count). The van der Waals surface area contributed by atoms with E-state index in [1.165, 1.54) is 0 Å². The van der Waals surface area contributed by atoms with Gasteiger partial charge in [0.2, 0.25) is 0 Å². The maximum absolute atomic E-state index is 10.1. The van der Waals surface area contributed by atoms with Crippen molar-refractivity contribution >= 4 is 16.6 Å². The molecule has 1 saturated heterocycles. The SMILES string of the molecule is NCCC[Si]1(O)C(O)C(O)C(O)O[SiH]1O. The van der Waals surface area contributed by atoms with Gasteiger partial charge >= 0.3 is 8.80 Å². The summed E-state index contributed by atoms with van der Waals surface area (Å²) in [7, 11) is -6.46. The summed E-state index contributed by atoms with van der Waals surface area (Å²) in [5.74, 6) is 0. The van der Waals surface area contributed by atoms with Gasteiger partial charge in [-0.15, -0.1) is 0 Å². The van der Waals surface area contributed by atoms with Gasteiger partial charge in [0, 0.05) is 0 Å². The molecule has 0 aromatic heterocycles. The van der Waals surface area contributed by atoms with E-state index in [4.69, 9.17) is 15.3 Å². The Hall–Kier alpha value is 0.154. The lowest BCUT2D eigenvalue weighted by molar-refractivity contribution is -0.146. The highest BCUT2D eigenvalue weighted by Crippen LogP contribution is 2.26. The van der Waals surface area contributed by atoms with Crippen LogP contribution >= 0.6 is 0 Å². The summed E-state index contributed by atoms with van der Waals surface area (Å²) in [4.78, 5) is 19.6. The van der Waals surface area contributed by atoms with Crippen molar-refractivity contribution in [2.75, 3.05) is 6.54 Å². The first-order valence-corrected chi connectivity index (χ1v) is 9.76. The Kier molecular flexibility index (Phi) is 4.40. The molecule has 1 aliphatic rings. The Bertz CT molecular complexity index is 222. The molecule has 0 aromatic rings. The molecule has 0 aliphatic carbocycles. The Morgan fingerprint density at radius 2 is 1.93 bits per heavy atom. The maximum atomic E-state index is 10.1. The molecule has 5 atom stereocenters. The molecule has 90 valence electrons. The van der Waals surface area contributed by atoms with E-state index in [0.717, 1.165) is 0 Å².